The highest BCUT2D eigenvalue weighted by atomic mass is 16.2. The summed E-state index contributed by atoms with van der Waals surface area (Å²) in [7, 11) is 0. The van der Waals surface area contributed by atoms with Gasteiger partial charge in [-0.1, -0.05) is 0 Å². The number of carbonyl (C=O) groups is 1. The lowest BCUT2D eigenvalue weighted by molar-refractivity contribution is -0.116. The lowest BCUT2D eigenvalue weighted by Gasteiger charge is -2.11. The van der Waals surface area contributed by atoms with Crippen LogP contribution in [0.25, 0.3) is 11.3 Å². The van der Waals surface area contributed by atoms with Crippen molar-refractivity contribution in [1.82, 2.24) is 24.8 Å². The first-order valence-corrected chi connectivity index (χ1v) is 9.69. The van der Waals surface area contributed by atoms with E-state index in [9.17, 15) is 4.79 Å². The molecule has 0 atom stereocenters. The number of imidazole rings is 1. The number of nitrogens with zero attached hydrogens (tertiary/aromatic N) is 5. The molecule has 0 saturated carbocycles. The molecule has 0 fully saturated rings. The third kappa shape index (κ3) is 4.12. The normalized spacial score (nSPS) is 13.0. The zero-order valence-corrected chi connectivity index (χ0v) is 17.2. The molecule has 4 heterocycles. The van der Waals surface area contributed by atoms with Gasteiger partial charge in [-0.05, 0) is 45.0 Å². The van der Waals surface area contributed by atoms with Gasteiger partial charge in [-0.25, -0.2) is 9.97 Å². The molecule has 0 radical (unpaired) electrons. The van der Waals surface area contributed by atoms with Crippen molar-refractivity contribution in [2.75, 3.05) is 11.9 Å². The molecule has 0 unspecified atom stereocenters. The molecule has 152 valence electrons. The fourth-order valence-corrected chi connectivity index (χ4v) is 3.40. The van der Waals surface area contributed by atoms with E-state index in [1.807, 2.05) is 43.5 Å². The van der Waals surface area contributed by atoms with Crippen molar-refractivity contribution in [2.24, 2.45) is 4.99 Å². The number of carbonyl (C=O) groups excluding carboxylic acids is 1. The highest BCUT2D eigenvalue weighted by Crippen LogP contribution is 2.23. The summed E-state index contributed by atoms with van der Waals surface area (Å²) in [5.74, 6) is 1.13. The maximum absolute atomic E-state index is 12.6. The predicted octanol–water partition coefficient (Wildman–Crippen LogP) is 2.77. The molecule has 30 heavy (non-hydrogen) atoms. The largest absolute Gasteiger partial charge is 0.384 e. The molecular weight excluding hydrogens is 378 g/mol. The molecule has 8 nitrogen and oxygen atoms in total. The van der Waals surface area contributed by atoms with Gasteiger partial charge in [0.1, 0.15) is 18.2 Å². The van der Waals surface area contributed by atoms with Gasteiger partial charge in [-0.15, -0.1) is 0 Å². The summed E-state index contributed by atoms with van der Waals surface area (Å²) in [6.45, 7) is 6.64. The fourth-order valence-electron chi connectivity index (χ4n) is 3.40. The number of aryl methyl sites for hydroxylation is 2. The van der Waals surface area contributed by atoms with Gasteiger partial charge in [0, 0.05) is 47.3 Å². The van der Waals surface area contributed by atoms with Gasteiger partial charge in [0.15, 0.2) is 0 Å². The number of hydrogen-bond acceptors (Lipinski definition) is 6. The Kier molecular flexibility index (Phi) is 5.38. The molecule has 1 aliphatic rings. The second-order valence-electron chi connectivity index (χ2n) is 7.12. The minimum atomic E-state index is -0.157. The monoisotopic (exact) mass is 401 g/mol. The van der Waals surface area contributed by atoms with E-state index < -0.39 is 0 Å². The Hall–Kier alpha value is -3.81. The Bertz CT molecular complexity index is 1140. The van der Waals surface area contributed by atoms with Crippen LogP contribution in [0.5, 0.6) is 0 Å². The van der Waals surface area contributed by atoms with Crippen LogP contribution in [0, 0.1) is 20.8 Å². The highest BCUT2D eigenvalue weighted by Gasteiger charge is 2.16. The van der Waals surface area contributed by atoms with E-state index in [0.29, 0.717) is 12.4 Å². The lowest BCUT2D eigenvalue weighted by Crippen LogP contribution is -2.22. The van der Waals surface area contributed by atoms with E-state index in [-0.39, 0.29) is 12.5 Å². The zero-order valence-electron chi connectivity index (χ0n) is 17.2. The van der Waals surface area contributed by atoms with Crippen molar-refractivity contribution in [3.05, 3.63) is 71.8 Å². The first-order valence-electron chi connectivity index (χ1n) is 9.69. The van der Waals surface area contributed by atoms with Crippen molar-refractivity contribution in [2.45, 2.75) is 27.3 Å². The topological polar surface area (TPSA) is 97.1 Å². The standard InChI is InChI=1S/C22H23N7O/c1-14-10-17(6-7-24-14)22-15(2)29(16(3)27-22)13-21(30)28-20-5-4-18(11-26-20)19-12-23-8-9-25-19/h4-11,23H,12-13H2,1-3H3,(H,26,28,30). The van der Waals surface area contributed by atoms with Crippen LogP contribution in [0.2, 0.25) is 0 Å². The average molecular weight is 401 g/mol. The molecule has 1 aliphatic heterocycles. The minimum absolute atomic E-state index is 0.157. The SMILES string of the molecule is Cc1cc(-c2nc(C)n(CC(=O)Nc3ccc(C4=NC=CNC4)cn3)c2C)ccn1. The molecule has 3 aromatic heterocycles. The van der Waals surface area contributed by atoms with E-state index in [2.05, 4.69) is 30.6 Å². The van der Waals surface area contributed by atoms with Gasteiger partial charge < -0.3 is 15.2 Å². The zero-order chi connectivity index (χ0) is 21.1. The van der Waals surface area contributed by atoms with E-state index in [1.165, 1.54) is 0 Å². The van der Waals surface area contributed by atoms with Gasteiger partial charge >= 0.3 is 0 Å². The van der Waals surface area contributed by atoms with Crippen LogP contribution in [0.15, 0.2) is 54.1 Å². The highest BCUT2D eigenvalue weighted by molar-refractivity contribution is 6.03. The summed E-state index contributed by atoms with van der Waals surface area (Å²) in [6, 6.07) is 7.61. The Balaban J connectivity index is 1.47. The van der Waals surface area contributed by atoms with Crippen LogP contribution >= 0.6 is 0 Å². The Morgan fingerprint density at radius 3 is 2.73 bits per heavy atom. The minimum Gasteiger partial charge on any atom is -0.384 e. The maximum Gasteiger partial charge on any atom is 0.245 e. The second-order valence-corrected chi connectivity index (χ2v) is 7.12. The first kappa shape index (κ1) is 19.5. The van der Waals surface area contributed by atoms with Gasteiger partial charge in [-0.3, -0.25) is 14.8 Å². The molecule has 2 N–H and O–H groups in total. The predicted molar refractivity (Wildman–Crippen MR) is 116 cm³/mol. The van der Waals surface area contributed by atoms with Crippen LogP contribution in [0.1, 0.15) is 22.8 Å². The average Bonchev–Trinajstić information content (AvgIpc) is 3.03. The molecule has 8 heteroatoms. The molecule has 1 amide bonds. The summed E-state index contributed by atoms with van der Waals surface area (Å²) in [5.41, 5.74) is 5.55. The third-order valence-electron chi connectivity index (χ3n) is 4.94. The molecule has 0 bridgehead atoms. The Labute approximate surface area is 174 Å². The van der Waals surface area contributed by atoms with Gasteiger partial charge in [0.05, 0.1) is 18.0 Å². The molecule has 0 spiro atoms. The Morgan fingerprint density at radius 2 is 2.03 bits per heavy atom. The number of rotatable bonds is 5. The number of nitrogens with one attached hydrogen (secondary N) is 2. The number of hydrogen-bond donors (Lipinski definition) is 2. The number of amides is 1. The first-order chi connectivity index (χ1) is 14.5. The van der Waals surface area contributed by atoms with Crippen LogP contribution in [0.4, 0.5) is 5.82 Å². The van der Waals surface area contributed by atoms with Crippen LogP contribution in [-0.2, 0) is 11.3 Å². The van der Waals surface area contributed by atoms with E-state index in [4.69, 9.17) is 0 Å². The van der Waals surface area contributed by atoms with Crippen molar-refractivity contribution < 1.29 is 4.79 Å². The van der Waals surface area contributed by atoms with E-state index in [0.717, 1.165) is 39.7 Å². The van der Waals surface area contributed by atoms with Gasteiger partial charge in [0.2, 0.25) is 5.91 Å². The summed E-state index contributed by atoms with van der Waals surface area (Å²) < 4.78 is 1.91. The molecular formula is C22H23N7O. The van der Waals surface area contributed by atoms with E-state index >= 15 is 0 Å². The lowest BCUT2D eigenvalue weighted by atomic mass is 10.1. The maximum atomic E-state index is 12.6. The molecule has 0 aromatic carbocycles. The summed E-state index contributed by atoms with van der Waals surface area (Å²) in [5, 5.41) is 5.97. The fraction of sp³-hybridized carbons (Fsp3) is 0.227. The quantitative estimate of drug-likeness (QED) is 0.685. The summed E-state index contributed by atoms with van der Waals surface area (Å²) >= 11 is 0. The van der Waals surface area contributed by atoms with Crippen LogP contribution in [-0.4, -0.2) is 37.7 Å². The number of pyridine rings is 2. The smallest absolute Gasteiger partial charge is 0.245 e. The number of aliphatic imine (C=N–C) groups is 1. The van der Waals surface area contributed by atoms with Crippen molar-refractivity contribution in [3.63, 3.8) is 0 Å². The van der Waals surface area contributed by atoms with Gasteiger partial charge in [0.25, 0.3) is 0 Å². The van der Waals surface area contributed by atoms with E-state index in [1.54, 1.807) is 30.9 Å². The van der Waals surface area contributed by atoms with Crippen molar-refractivity contribution >= 4 is 17.4 Å². The van der Waals surface area contributed by atoms with Crippen molar-refractivity contribution in [1.29, 1.82) is 0 Å². The Morgan fingerprint density at radius 1 is 1.17 bits per heavy atom. The molecule has 4 rings (SSSR count). The third-order valence-corrected chi connectivity index (χ3v) is 4.94. The molecule has 0 aliphatic carbocycles. The van der Waals surface area contributed by atoms with Gasteiger partial charge in [-0.2, -0.15) is 0 Å². The molecule has 0 saturated heterocycles. The van der Waals surface area contributed by atoms with Crippen LogP contribution < -0.4 is 10.6 Å². The van der Waals surface area contributed by atoms with Crippen molar-refractivity contribution in [3.8, 4) is 11.3 Å². The molecule has 3 aromatic rings. The number of aromatic nitrogens is 4. The summed E-state index contributed by atoms with van der Waals surface area (Å²) in [4.78, 5) is 30.2. The van der Waals surface area contributed by atoms with Crippen LogP contribution in [0.3, 0.4) is 0 Å². The number of anilines is 1. The summed E-state index contributed by atoms with van der Waals surface area (Å²) in [6.07, 6.45) is 7.00. The second kappa shape index (κ2) is 8.28.